The van der Waals surface area contributed by atoms with Crippen LogP contribution in [0.15, 0.2) is 0 Å². The number of quaternary nitrogens is 1. The fraction of sp³-hybridized carbons (Fsp3) is 0.667. The Kier molecular flexibility index (Phi) is 6.65. The van der Waals surface area contributed by atoms with Gasteiger partial charge in [0.15, 0.2) is 13.1 Å². The van der Waals surface area contributed by atoms with Gasteiger partial charge >= 0.3 is 41.5 Å². The van der Waals surface area contributed by atoms with Crippen molar-refractivity contribution in [2.24, 2.45) is 0 Å². The summed E-state index contributed by atoms with van der Waals surface area (Å²) in [6.45, 7) is -0.349. The summed E-state index contributed by atoms with van der Waals surface area (Å²) in [5, 5.41) is 16.7. The Balaban J connectivity index is 0. The molecule has 0 aliphatic heterocycles. The second-order valence-corrected chi connectivity index (χ2v) is 3.04. The summed E-state index contributed by atoms with van der Waals surface area (Å²) >= 11 is 0. The maximum atomic E-state index is 10.2. The maximum Gasteiger partial charge on any atom is 1.00 e. The molecule has 64 valence electrons. The van der Waals surface area contributed by atoms with Crippen molar-refractivity contribution in [1.29, 1.82) is 0 Å². The van der Waals surface area contributed by atoms with Gasteiger partial charge in [0.05, 0.1) is 14.1 Å². The topological polar surface area (TPSA) is 74.6 Å². The molecule has 0 aromatic carbocycles. The number of carboxylic acid groups (broad SMARTS) is 2. The molecule has 0 radical (unpaired) electrons. The smallest absolute Gasteiger partial charge is 0.477 e. The van der Waals surface area contributed by atoms with Gasteiger partial charge in [-0.05, 0) is 0 Å². The van der Waals surface area contributed by atoms with E-state index in [1.54, 1.807) is 14.1 Å². The van der Waals surface area contributed by atoms with Crippen molar-refractivity contribution < 1.29 is 53.8 Å². The Morgan fingerprint density at radius 1 is 1.08 bits per heavy atom. The van der Waals surface area contributed by atoms with Gasteiger partial charge in [0.1, 0.15) is 0 Å². The molecule has 0 aromatic heterocycles. The summed E-state index contributed by atoms with van der Waals surface area (Å²) in [5.74, 6) is -1.98. The molecule has 0 amide bonds. The second kappa shape index (κ2) is 5.53. The third-order valence-corrected chi connectivity index (χ3v) is 1.13. The fourth-order valence-corrected chi connectivity index (χ4v) is 0.788. The van der Waals surface area contributed by atoms with Crippen LogP contribution in [-0.2, 0) is 9.59 Å². The SMILES string of the molecule is C[N+](C)(CC(=O)O)CC(=O)O.[Na+]. The molecule has 6 heteroatoms. The number of aliphatic carboxylic acids is 2. The average molecular weight is 185 g/mol. The van der Waals surface area contributed by atoms with Gasteiger partial charge in [-0.15, -0.1) is 0 Å². The van der Waals surface area contributed by atoms with Crippen LogP contribution in [0.1, 0.15) is 0 Å². The van der Waals surface area contributed by atoms with E-state index in [1.165, 1.54) is 0 Å². The van der Waals surface area contributed by atoms with Crippen LogP contribution in [0.2, 0.25) is 0 Å². The van der Waals surface area contributed by atoms with E-state index >= 15 is 0 Å². The molecule has 5 nitrogen and oxygen atoms in total. The largest absolute Gasteiger partial charge is 1.00 e. The van der Waals surface area contributed by atoms with Crippen LogP contribution in [0.5, 0.6) is 0 Å². The van der Waals surface area contributed by atoms with Gasteiger partial charge in [0.2, 0.25) is 0 Å². The van der Waals surface area contributed by atoms with Crippen LogP contribution in [0, 0.1) is 0 Å². The predicted octanol–water partition coefficient (Wildman–Crippen LogP) is -3.76. The van der Waals surface area contributed by atoms with Gasteiger partial charge in [0, 0.05) is 0 Å². The first-order valence-electron chi connectivity index (χ1n) is 3.09. The van der Waals surface area contributed by atoms with Gasteiger partial charge < -0.3 is 14.7 Å². The minimum absolute atomic E-state index is 0. The number of nitrogens with zero attached hydrogens (tertiary/aromatic N) is 1. The number of carbonyl (C=O) groups is 2. The quantitative estimate of drug-likeness (QED) is 0.348. The van der Waals surface area contributed by atoms with Crippen molar-refractivity contribution in [3.8, 4) is 0 Å². The molecule has 0 aromatic rings. The normalized spacial score (nSPS) is 10.2. The predicted molar refractivity (Wildman–Crippen MR) is 37.1 cm³/mol. The van der Waals surface area contributed by atoms with E-state index < -0.39 is 11.9 Å². The van der Waals surface area contributed by atoms with Crippen LogP contribution in [0.25, 0.3) is 0 Å². The van der Waals surface area contributed by atoms with Crippen LogP contribution >= 0.6 is 0 Å². The van der Waals surface area contributed by atoms with Gasteiger partial charge in [-0.25, -0.2) is 9.59 Å². The molecule has 0 atom stereocenters. The summed E-state index contributed by atoms with van der Waals surface area (Å²) in [6.07, 6.45) is 0. The summed E-state index contributed by atoms with van der Waals surface area (Å²) in [4.78, 5) is 20.4. The monoisotopic (exact) mass is 185 g/mol. The number of carboxylic acids is 2. The first-order chi connectivity index (χ1) is 4.83. The molecule has 0 heterocycles. The Bertz CT molecular complexity index is 162. The van der Waals surface area contributed by atoms with Crippen LogP contribution in [0.3, 0.4) is 0 Å². The molecule has 0 aliphatic carbocycles. The van der Waals surface area contributed by atoms with Crippen molar-refractivity contribution in [1.82, 2.24) is 0 Å². The molecular weight excluding hydrogens is 173 g/mol. The standard InChI is InChI=1S/C6H11NO4.Na/c1-7(2,3-5(8)9)4-6(10)11;/h3-4H2,1-2H3,(H-,8,9,10,11);/q;+1/p+1. The first kappa shape index (κ1) is 14.4. The average Bonchev–Trinajstić information content (AvgIpc) is 1.53. The van der Waals surface area contributed by atoms with E-state index in [9.17, 15) is 9.59 Å². The number of hydrogen-bond acceptors (Lipinski definition) is 2. The number of likely N-dealkylation sites (N-methyl/N-ethyl adjacent to an activating group) is 1. The molecule has 0 spiro atoms. The molecule has 0 bridgehead atoms. The molecule has 0 aliphatic rings. The molecule has 2 N–H and O–H groups in total. The molecule has 0 saturated heterocycles. The van der Waals surface area contributed by atoms with Gasteiger partial charge in [-0.1, -0.05) is 0 Å². The minimum atomic E-state index is -0.990. The summed E-state index contributed by atoms with van der Waals surface area (Å²) in [7, 11) is 3.12. The van der Waals surface area contributed by atoms with E-state index in [2.05, 4.69) is 0 Å². The van der Waals surface area contributed by atoms with Crippen LogP contribution < -0.4 is 29.6 Å². The third kappa shape index (κ3) is 8.00. The van der Waals surface area contributed by atoms with E-state index in [4.69, 9.17) is 10.2 Å². The zero-order valence-corrected chi connectivity index (χ0v) is 9.57. The van der Waals surface area contributed by atoms with E-state index in [-0.39, 0.29) is 47.1 Å². The molecule has 0 fully saturated rings. The molecule has 12 heavy (non-hydrogen) atoms. The Morgan fingerprint density at radius 2 is 1.33 bits per heavy atom. The van der Waals surface area contributed by atoms with E-state index in [0.717, 1.165) is 0 Å². The second-order valence-electron chi connectivity index (χ2n) is 3.04. The summed E-state index contributed by atoms with van der Waals surface area (Å²) in [5.41, 5.74) is 0. The molecule has 0 rings (SSSR count). The van der Waals surface area contributed by atoms with Crippen molar-refractivity contribution in [2.45, 2.75) is 0 Å². The number of rotatable bonds is 4. The summed E-state index contributed by atoms with van der Waals surface area (Å²) in [6, 6.07) is 0. The Labute approximate surface area is 92.9 Å². The molecule has 0 saturated carbocycles. The van der Waals surface area contributed by atoms with Crippen molar-refractivity contribution >= 4 is 11.9 Å². The van der Waals surface area contributed by atoms with Crippen molar-refractivity contribution in [3.05, 3.63) is 0 Å². The van der Waals surface area contributed by atoms with Crippen molar-refractivity contribution in [3.63, 3.8) is 0 Å². The van der Waals surface area contributed by atoms with Crippen molar-refractivity contribution in [2.75, 3.05) is 27.2 Å². The van der Waals surface area contributed by atoms with Crippen LogP contribution in [-0.4, -0.2) is 53.8 Å². The van der Waals surface area contributed by atoms with Gasteiger partial charge in [-0.2, -0.15) is 0 Å². The number of hydrogen-bond donors (Lipinski definition) is 2. The Hall–Kier alpha value is -0.100. The third-order valence-electron chi connectivity index (χ3n) is 1.13. The first-order valence-corrected chi connectivity index (χ1v) is 3.09. The van der Waals surface area contributed by atoms with E-state index in [0.29, 0.717) is 0 Å². The molecule has 0 unspecified atom stereocenters. The molecular formula is C6H12NNaO4+2. The zero-order valence-electron chi connectivity index (χ0n) is 7.57. The zero-order chi connectivity index (χ0) is 9.07. The summed E-state index contributed by atoms with van der Waals surface area (Å²) < 4.78 is -0.0370. The van der Waals surface area contributed by atoms with Gasteiger partial charge in [-0.3, -0.25) is 0 Å². The Morgan fingerprint density at radius 3 is 1.50 bits per heavy atom. The minimum Gasteiger partial charge on any atom is -0.477 e. The van der Waals surface area contributed by atoms with E-state index in [1.807, 2.05) is 0 Å². The maximum absolute atomic E-state index is 10.2. The van der Waals surface area contributed by atoms with Gasteiger partial charge in [0.25, 0.3) is 0 Å². The fourth-order valence-electron chi connectivity index (χ4n) is 0.788. The van der Waals surface area contributed by atoms with Crippen LogP contribution in [0.4, 0.5) is 0 Å².